The Balaban J connectivity index is 2.20. The standard InChI is InChI=1S/C11H14N4O2/c1-3-16-9-4-8(12)5-10(6-9)17-11-13-7-15(2)14-11/h4-7H,3,12H2,1-2H3. The summed E-state index contributed by atoms with van der Waals surface area (Å²) in [5.41, 5.74) is 6.31. The minimum absolute atomic E-state index is 0.278. The van der Waals surface area contributed by atoms with E-state index in [9.17, 15) is 0 Å². The number of ether oxygens (including phenoxy) is 2. The SMILES string of the molecule is CCOc1cc(N)cc(Oc2ncn(C)n2)c1. The number of benzene rings is 1. The van der Waals surface area contributed by atoms with Crippen LogP contribution in [0.15, 0.2) is 24.5 Å². The van der Waals surface area contributed by atoms with E-state index in [1.165, 1.54) is 0 Å². The van der Waals surface area contributed by atoms with Gasteiger partial charge >= 0.3 is 6.01 Å². The normalized spacial score (nSPS) is 10.2. The highest BCUT2D eigenvalue weighted by Gasteiger charge is 2.05. The molecule has 2 aromatic rings. The number of hydrogen-bond acceptors (Lipinski definition) is 5. The molecule has 17 heavy (non-hydrogen) atoms. The average Bonchev–Trinajstić information content (AvgIpc) is 2.63. The Kier molecular flexibility index (Phi) is 3.13. The van der Waals surface area contributed by atoms with Crippen LogP contribution in [0.2, 0.25) is 0 Å². The van der Waals surface area contributed by atoms with Crippen molar-refractivity contribution in [3.05, 3.63) is 24.5 Å². The molecule has 0 amide bonds. The van der Waals surface area contributed by atoms with Gasteiger partial charge in [0, 0.05) is 30.9 Å². The van der Waals surface area contributed by atoms with Gasteiger partial charge in [-0.1, -0.05) is 0 Å². The van der Waals surface area contributed by atoms with E-state index in [1.54, 1.807) is 36.3 Å². The van der Waals surface area contributed by atoms with E-state index in [-0.39, 0.29) is 6.01 Å². The molecule has 2 N–H and O–H groups in total. The summed E-state index contributed by atoms with van der Waals surface area (Å²) in [6, 6.07) is 5.46. The number of nitrogens with zero attached hydrogens (tertiary/aromatic N) is 3. The zero-order valence-electron chi connectivity index (χ0n) is 9.75. The average molecular weight is 234 g/mol. The van der Waals surface area contributed by atoms with Gasteiger partial charge in [0.1, 0.15) is 17.8 Å². The molecule has 0 aliphatic heterocycles. The van der Waals surface area contributed by atoms with Crippen LogP contribution in [0.25, 0.3) is 0 Å². The number of hydrogen-bond donors (Lipinski definition) is 1. The molecule has 6 nitrogen and oxygen atoms in total. The molecule has 0 spiro atoms. The van der Waals surface area contributed by atoms with Gasteiger partial charge in [0.25, 0.3) is 0 Å². The van der Waals surface area contributed by atoms with E-state index in [0.717, 1.165) is 0 Å². The minimum atomic E-state index is 0.278. The quantitative estimate of drug-likeness (QED) is 0.813. The molecule has 90 valence electrons. The number of anilines is 1. The second-order valence-corrected chi connectivity index (χ2v) is 3.47. The van der Waals surface area contributed by atoms with Gasteiger partial charge in [-0.05, 0) is 6.92 Å². The largest absolute Gasteiger partial charge is 0.494 e. The Labute approximate surface area is 99.0 Å². The molecule has 0 atom stereocenters. The Morgan fingerprint density at radius 3 is 2.71 bits per heavy atom. The van der Waals surface area contributed by atoms with Crippen molar-refractivity contribution in [2.75, 3.05) is 12.3 Å². The molecule has 0 radical (unpaired) electrons. The summed E-state index contributed by atoms with van der Waals surface area (Å²) in [6.07, 6.45) is 1.56. The van der Waals surface area contributed by atoms with Crippen LogP contribution in [-0.2, 0) is 7.05 Å². The molecule has 0 fully saturated rings. The van der Waals surface area contributed by atoms with Gasteiger partial charge in [0.05, 0.1) is 6.61 Å². The summed E-state index contributed by atoms with van der Waals surface area (Å²) in [5.74, 6) is 1.22. The lowest BCUT2D eigenvalue weighted by Crippen LogP contribution is -1.95. The molecule has 0 unspecified atom stereocenters. The van der Waals surface area contributed by atoms with Crippen molar-refractivity contribution < 1.29 is 9.47 Å². The molecule has 0 bridgehead atoms. The van der Waals surface area contributed by atoms with Crippen molar-refractivity contribution in [3.63, 3.8) is 0 Å². The molecular formula is C11H14N4O2. The summed E-state index contributed by atoms with van der Waals surface area (Å²) in [6.45, 7) is 2.48. The lowest BCUT2D eigenvalue weighted by atomic mass is 10.3. The second kappa shape index (κ2) is 4.73. The van der Waals surface area contributed by atoms with E-state index in [4.69, 9.17) is 15.2 Å². The maximum absolute atomic E-state index is 5.74. The summed E-state index contributed by atoms with van der Waals surface area (Å²) in [7, 11) is 1.77. The van der Waals surface area contributed by atoms with Crippen LogP contribution in [0.4, 0.5) is 5.69 Å². The Hall–Kier alpha value is -2.24. The van der Waals surface area contributed by atoms with Gasteiger partial charge in [0.2, 0.25) is 0 Å². The first kappa shape index (κ1) is 11.3. The summed E-state index contributed by atoms with van der Waals surface area (Å²) in [4.78, 5) is 3.96. The van der Waals surface area contributed by atoms with Crippen LogP contribution in [0.3, 0.4) is 0 Å². The number of aromatic nitrogens is 3. The highest BCUT2D eigenvalue weighted by molar-refractivity contribution is 5.50. The predicted octanol–water partition coefficient (Wildman–Crippen LogP) is 1.59. The summed E-state index contributed by atoms with van der Waals surface area (Å²) < 4.78 is 12.4. The summed E-state index contributed by atoms with van der Waals surface area (Å²) in [5, 5.41) is 4.01. The highest BCUT2D eigenvalue weighted by Crippen LogP contribution is 2.26. The van der Waals surface area contributed by atoms with Gasteiger partial charge in [-0.25, -0.2) is 0 Å². The lowest BCUT2D eigenvalue weighted by molar-refractivity contribution is 0.337. The van der Waals surface area contributed by atoms with Crippen molar-refractivity contribution in [2.45, 2.75) is 6.92 Å². The third-order valence-corrected chi connectivity index (χ3v) is 2.00. The van der Waals surface area contributed by atoms with E-state index >= 15 is 0 Å². The Morgan fingerprint density at radius 2 is 2.06 bits per heavy atom. The first-order chi connectivity index (χ1) is 8.17. The number of aryl methyl sites for hydroxylation is 1. The fourth-order valence-corrected chi connectivity index (χ4v) is 1.37. The molecule has 2 rings (SSSR count). The lowest BCUT2D eigenvalue weighted by Gasteiger charge is -2.07. The first-order valence-electron chi connectivity index (χ1n) is 5.24. The Morgan fingerprint density at radius 1 is 1.29 bits per heavy atom. The predicted molar refractivity (Wildman–Crippen MR) is 63.1 cm³/mol. The van der Waals surface area contributed by atoms with Crippen molar-refractivity contribution in [2.24, 2.45) is 7.05 Å². The smallest absolute Gasteiger partial charge is 0.340 e. The molecule has 1 aromatic carbocycles. The van der Waals surface area contributed by atoms with Crippen molar-refractivity contribution in [3.8, 4) is 17.5 Å². The molecule has 1 aromatic heterocycles. The van der Waals surface area contributed by atoms with E-state index in [0.29, 0.717) is 23.8 Å². The fraction of sp³-hybridized carbons (Fsp3) is 0.273. The third kappa shape index (κ3) is 2.87. The molecular weight excluding hydrogens is 220 g/mol. The first-order valence-corrected chi connectivity index (χ1v) is 5.24. The topological polar surface area (TPSA) is 75.2 Å². The number of nitrogen functional groups attached to an aromatic ring is 1. The van der Waals surface area contributed by atoms with Crippen molar-refractivity contribution >= 4 is 5.69 Å². The number of rotatable bonds is 4. The monoisotopic (exact) mass is 234 g/mol. The third-order valence-electron chi connectivity index (χ3n) is 2.00. The van der Waals surface area contributed by atoms with E-state index < -0.39 is 0 Å². The molecule has 0 saturated heterocycles. The summed E-state index contributed by atoms with van der Waals surface area (Å²) >= 11 is 0. The van der Waals surface area contributed by atoms with Crippen LogP contribution >= 0.6 is 0 Å². The number of nitrogens with two attached hydrogens (primary N) is 1. The van der Waals surface area contributed by atoms with Gasteiger partial charge in [0.15, 0.2) is 0 Å². The highest BCUT2D eigenvalue weighted by atomic mass is 16.5. The van der Waals surface area contributed by atoms with Crippen LogP contribution in [-0.4, -0.2) is 21.4 Å². The van der Waals surface area contributed by atoms with E-state index in [1.807, 2.05) is 6.92 Å². The van der Waals surface area contributed by atoms with Crippen molar-refractivity contribution in [1.82, 2.24) is 14.8 Å². The van der Waals surface area contributed by atoms with Gasteiger partial charge < -0.3 is 15.2 Å². The zero-order chi connectivity index (χ0) is 12.3. The van der Waals surface area contributed by atoms with Gasteiger partial charge in [-0.15, -0.1) is 5.10 Å². The van der Waals surface area contributed by atoms with Crippen LogP contribution in [0, 0.1) is 0 Å². The van der Waals surface area contributed by atoms with Crippen LogP contribution in [0.1, 0.15) is 6.92 Å². The molecule has 6 heteroatoms. The van der Waals surface area contributed by atoms with Crippen LogP contribution in [0.5, 0.6) is 17.5 Å². The van der Waals surface area contributed by atoms with E-state index in [2.05, 4.69) is 10.1 Å². The molecule has 0 aliphatic rings. The second-order valence-electron chi connectivity index (χ2n) is 3.47. The minimum Gasteiger partial charge on any atom is -0.494 e. The zero-order valence-corrected chi connectivity index (χ0v) is 9.75. The van der Waals surface area contributed by atoms with Crippen LogP contribution < -0.4 is 15.2 Å². The molecule has 0 aliphatic carbocycles. The molecule has 1 heterocycles. The van der Waals surface area contributed by atoms with Gasteiger partial charge in [-0.3, -0.25) is 4.68 Å². The maximum Gasteiger partial charge on any atom is 0.340 e. The van der Waals surface area contributed by atoms with Gasteiger partial charge in [-0.2, -0.15) is 4.98 Å². The Bertz CT molecular complexity index is 510. The fourth-order valence-electron chi connectivity index (χ4n) is 1.37. The van der Waals surface area contributed by atoms with Crippen molar-refractivity contribution in [1.29, 1.82) is 0 Å². The maximum atomic E-state index is 5.74. The molecule has 0 saturated carbocycles.